The van der Waals surface area contributed by atoms with E-state index in [2.05, 4.69) is 22.0 Å². The van der Waals surface area contributed by atoms with Gasteiger partial charge in [0.2, 0.25) is 5.75 Å². The number of carbonyl (C=O) groups excluding carboxylic acids is 1. The number of ether oxygens (including phenoxy) is 3. The third kappa shape index (κ3) is 4.23. The van der Waals surface area contributed by atoms with Crippen molar-refractivity contribution < 1.29 is 19.0 Å². The lowest BCUT2D eigenvalue weighted by atomic mass is 10.2. The molecule has 0 bridgehead atoms. The number of methoxy groups -OCH3 is 3. The predicted octanol–water partition coefficient (Wildman–Crippen LogP) is 4.11. The maximum Gasteiger partial charge on any atom is 0.265 e. The summed E-state index contributed by atoms with van der Waals surface area (Å²) in [4.78, 5) is 22.8. The maximum absolute atomic E-state index is 13.3. The van der Waals surface area contributed by atoms with Gasteiger partial charge in [-0.15, -0.1) is 11.3 Å². The van der Waals surface area contributed by atoms with Crippen molar-refractivity contribution in [3.05, 3.63) is 53.0 Å². The second-order valence-electron chi connectivity index (χ2n) is 7.46. The summed E-state index contributed by atoms with van der Waals surface area (Å²) in [6.07, 6.45) is 0. The molecule has 2 aromatic carbocycles. The van der Waals surface area contributed by atoms with E-state index in [0.717, 1.165) is 29.4 Å². The molecule has 1 aliphatic heterocycles. The molecule has 7 nitrogen and oxygen atoms in total. The lowest BCUT2D eigenvalue weighted by Crippen LogP contribution is -2.48. The maximum atomic E-state index is 13.3. The van der Waals surface area contributed by atoms with Crippen LogP contribution >= 0.6 is 11.3 Å². The predicted molar refractivity (Wildman–Crippen MR) is 127 cm³/mol. The van der Waals surface area contributed by atoms with E-state index < -0.39 is 0 Å². The normalized spacial score (nSPS) is 13.8. The van der Waals surface area contributed by atoms with Crippen LogP contribution in [0.25, 0.3) is 10.6 Å². The van der Waals surface area contributed by atoms with Crippen LogP contribution in [0.3, 0.4) is 0 Å². The van der Waals surface area contributed by atoms with Crippen molar-refractivity contribution >= 4 is 22.9 Å². The van der Waals surface area contributed by atoms with Gasteiger partial charge in [0.15, 0.2) is 11.5 Å². The SMILES string of the molecule is COc1cc(-c2nc(C)c(C(=O)N3CCN(c4ccccc4)CC3)s2)cc(OC)c1OC. The molecular formula is C24H27N3O4S. The van der Waals surface area contributed by atoms with E-state index in [4.69, 9.17) is 14.2 Å². The highest BCUT2D eigenvalue weighted by Crippen LogP contribution is 2.42. The first-order chi connectivity index (χ1) is 15.5. The Bertz CT molecular complexity index is 1070. The van der Waals surface area contributed by atoms with E-state index in [1.165, 1.54) is 17.0 Å². The number of thiazole rings is 1. The van der Waals surface area contributed by atoms with Crippen molar-refractivity contribution in [1.29, 1.82) is 0 Å². The highest BCUT2D eigenvalue weighted by Gasteiger charge is 2.26. The molecule has 1 aliphatic rings. The lowest BCUT2D eigenvalue weighted by Gasteiger charge is -2.36. The zero-order valence-corrected chi connectivity index (χ0v) is 19.6. The molecule has 0 aliphatic carbocycles. The van der Waals surface area contributed by atoms with E-state index in [1.54, 1.807) is 21.3 Å². The summed E-state index contributed by atoms with van der Waals surface area (Å²) in [5.74, 6) is 1.67. The second-order valence-corrected chi connectivity index (χ2v) is 8.46. The van der Waals surface area contributed by atoms with Crippen LogP contribution < -0.4 is 19.1 Å². The molecule has 3 aromatic rings. The minimum absolute atomic E-state index is 0.0337. The molecule has 4 rings (SSSR count). The average Bonchev–Trinajstić information content (AvgIpc) is 3.24. The van der Waals surface area contributed by atoms with Gasteiger partial charge in [-0.3, -0.25) is 4.79 Å². The Balaban J connectivity index is 1.53. The fraction of sp³-hybridized carbons (Fsp3) is 0.333. The number of anilines is 1. The quantitative estimate of drug-likeness (QED) is 0.560. The van der Waals surface area contributed by atoms with Gasteiger partial charge in [0, 0.05) is 37.4 Å². The fourth-order valence-corrected chi connectivity index (χ4v) is 4.89. The van der Waals surface area contributed by atoms with Gasteiger partial charge >= 0.3 is 0 Å². The Hall–Kier alpha value is -3.26. The molecule has 0 N–H and O–H groups in total. The van der Waals surface area contributed by atoms with Gasteiger partial charge in [-0.25, -0.2) is 4.98 Å². The summed E-state index contributed by atoms with van der Waals surface area (Å²) in [5, 5.41) is 0.744. The van der Waals surface area contributed by atoms with E-state index in [9.17, 15) is 4.79 Å². The molecule has 0 atom stereocenters. The van der Waals surface area contributed by atoms with Crippen LogP contribution in [-0.4, -0.2) is 63.3 Å². The highest BCUT2D eigenvalue weighted by atomic mass is 32.1. The lowest BCUT2D eigenvalue weighted by molar-refractivity contribution is 0.0750. The van der Waals surface area contributed by atoms with E-state index in [0.29, 0.717) is 35.2 Å². The number of aromatic nitrogens is 1. The van der Waals surface area contributed by atoms with E-state index in [-0.39, 0.29) is 5.91 Å². The first-order valence-corrected chi connectivity index (χ1v) is 11.2. The molecule has 0 saturated carbocycles. The van der Waals surface area contributed by atoms with Crippen molar-refractivity contribution in [3.63, 3.8) is 0 Å². The number of carbonyl (C=O) groups is 1. The molecule has 168 valence electrons. The molecule has 1 saturated heterocycles. The zero-order chi connectivity index (χ0) is 22.7. The molecule has 0 unspecified atom stereocenters. The van der Waals surface area contributed by atoms with Crippen LogP contribution in [-0.2, 0) is 0 Å². The fourth-order valence-electron chi connectivity index (χ4n) is 3.87. The van der Waals surface area contributed by atoms with Crippen molar-refractivity contribution in [1.82, 2.24) is 9.88 Å². The Morgan fingerprint density at radius 1 is 0.938 bits per heavy atom. The summed E-state index contributed by atoms with van der Waals surface area (Å²) in [6, 6.07) is 14.0. The van der Waals surface area contributed by atoms with Crippen LogP contribution in [0.1, 0.15) is 15.4 Å². The Morgan fingerprint density at radius 2 is 1.56 bits per heavy atom. The van der Waals surface area contributed by atoms with E-state index in [1.807, 2.05) is 42.2 Å². The minimum atomic E-state index is 0.0337. The molecule has 32 heavy (non-hydrogen) atoms. The number of amides is 1. The van der Waals surface area contributed by atoms with Crippen LogP contribution in [0, 0.1) is 6.92 Å². The number of piperazine rings is 1. The summed E-state index contributed by atoms with van der Waals surface area (Å²) < 4.78 is 16.3. The molecule has 1 aromatic heterocycles. The smallest absolute Gasteiger partial charge is 0.265 e. The summed E-state index contributed by atoms with van der Waals surface area (Å²) >= 11 is 1.40. The van der Waals surface area contributed by atoms with Gasteiger partial charge in [0.25, 0.3) is 5.91 Å². The van der Waals surface area contributed by atoms with Crippen molar-refractivity contribution in [3.8, 4) is 27.8 Å². The van der Waals surface area contributed by atoms with Crippen molar-refractivity contribution in [2.45, 2.75) is 6.92 Å². The molecule has 0 spiro atoms. The minimum Gasteiger partial charge on any atom is -0.493 e. The molecule has 1 amide bonds. The van der Waals surface area contributed by atoms with Gasteiger partial charge in [0.1, 0.15) is 9.88 Å². The summed E-state index contributed by atoms with van der Waals surface area (Å²) in [6.45, 7) is 4.88. The number of hydrogen-bond donors (Lipinski definition) is 0. The summed E-state index contributed by atoms with van der Waals surface area (Å²) in [5.41, 5.74) is 2.74. The van der Waals surface area contributed by atoms with Gasteiger partial charge < -0.3 is 24.0 Å². The Morgan fingerprint density at radius 3 is 2.12 bits per heavy atom. The van der Waals surface area contributed by atoms with Crippen LogP contribution in [0.2, 0.25) is 0 Å². The molecule has 2 heterocycles. The number of rotatable bonds is 6. The highest BCUT2D eigenvalue weighted by molar-refractivity contribution is 7.17. The third-order valence-corrected chi connectivity index (χ3v) is 6.79. The zero-order valence-electron chi connectivity index (χ0n) is 18.8. The number of para-hydroxylation sites is 1. The second kappa shape index (κ2) is 9.48. The largest absolute Gasteiger partial charge is 0.493 e. The van der Waals surface area contributed by atoms with Crippen LogP contribution in [0.4, 0.5) is 5.69 Å². The Kier molecular flexibility index (Phi) is 6.50. The van der Waals surface area contributed by atoms with Crippen molar-refractivity contribution in [2.75, 3.05) is 52.4 Å². The summed E-state index contributed by atoms with van der Waals surface area (Å²) in [7, 11) is 4.73. The number of hydrogen-bond acceptors (Lipinski definition) is 7. The van der Waals surface area contributed by atoms with Crippen LogP contribution in [0.15, 0.2) is 42.5 Å². The average molecular weight is 454 g/mol. The standard InChI is InChI=1S/C24H27N3O4S/c1-16-22(24(28)27-12-10-26(11-13-27)18-8-6-5-7-9-18)32-23(25-16)17-14-19(29-2)21(31-4)20(15-17)30-3/h5-9,14-15H,10-13H2,1-4H3. The van der Waals surface area contributed by atoms with Gasteiger partial charge in [-0.1, -0.05) is 18.2 Å². The first-order valence-electron chi connectivity index (χ1n) is 10.4. The molecular weight excluding hydrogens is 426 g/mol. The molecule has 0 radical (unpaired) electrons. The van der Waals surface area contributed by atoms with Gasteiger partial charge in [0.05, 0.1) is 27.0 Å². The molecule has 1 fully saturated rings. The van der Waals surface area contributed by atoms with Gasteiger partial charge in [-0.2, -0.15) is 0 Å². The number of benzene rings is 2. The van der Waals surface area contributed by atoms with E-state index >= 15 is 0 Å². The third-order valence-electron chi connectivity index (χ3n) is 5.59. The Labute approximate surface area is 192 Å². The molecule has 8 heteroatoms. The topological polar surface area (TPSA) is 64.1 Å². The van der Waals surface area contributed by atoms with Gasteiger partial charge in [-0.05, 0) is 31.2 Å². The first kappa shape index (κ1) is 22.0. The van der Waals surface area contributed by atoms with Crippen LogP contribution in [0.5, 0.6) is 17.2 Å². The number of nitrogens with zero attached hydrogens (tertiary/aromatic N) is 3. The van der Waals surface area contributed by atoms with Crippen molar-refractivity contribution in [2.24, 2.45) is 0 Å². The monoisotopic (exact) mass is 453 g/mol. The number of aryl methyl sites for hydroxylation is 1.